The smallest absolute Gasteiger partial charge is 0.251 e. The molecule has 0 saturated carbocycles. The van der Waals surface area contributed by atoms with E-state index >= 15 is 0 Å². The molecule has 0 aliphatic carbocycles. The first-order chi connectivity index (χ1) is 13.7. The van der Waals surface area contributed by atoms with Crippen molar-refractivity contribution in [1.82, 2.24) is 25.1 Å². The molecule has 0 fully saturated rings. The maximum absolute atomic E-state index is 12.8. The van der Waals surface area contributed by atoms with Crippen molar-refractivity contribution in [2.45, 2.75) is 39.2 Å². The Morgan fingerprint density at radius 3 is 2.62 bits per heavy atom. The van der Waals surface area contributed by atoms with Crippen molar-refractivity contribution in [2.24, 2.45) is 0 Å². The lowest BCUT2D eigenvalue weighted by molar-refractivity contribution is 0.0937. The SMILES string of the molecule is C[C@@H](NC(=O)c1cc(Cl)cc(C(C)(C)C)c1)c1ncnn1-c1ccc(C#N)cn1. The molecule has 1 N–H and O–H groups in total. The molecule has 2 aromatic heterocycles. The predicted octanol–water partition coefficient (Wildman–Crippen LogP) is 3.98. The molecule has 0 bridgehead atoms. The normalized spacial score (nSPS) is 12.3. The van der Waals surface area contributed by atoms with Crippen molar-refractivity contribution in [3.05, 3.63) is 70.4 Å². The lowest BCUT2D eigenvalue weighted by Crippen LogP contribution is -2.29. The van der Waals surface area contributed by atoms with Gasteiger partial charge in [-0.2, -0.15) is 15.0 Å². The van der Waals surface area contributed by atoms with Gasteiger partial charge in [0.1, 0.15) is 12.4 Å². The van der Waals surface area contributed by atoms with Gasteiger partial charge in [-0.05, 0) is 48.2 Å². The molecule has 29 heavy (non-hydrogen) atoms. The van der Waals surface area contributed by atoms with Gasteiger partial charge in [0.05, 0.1) is 11.6 Å². The summed E-state index contributed by atoms with van der Waals surface area (Å²) in [7, 11) is 0. The Hall–Kier alpha value is -3.24. The number of hydrogen-bond acceptors (Lipinski definition) is 5. The van der Waals surface area contributed by atoms with Crippen LogP contribution in [0.4, 0.5) is 0 Å². The van der Waals surface area contributed by atoms with Crippen LogP contribution in [0.5, 0.6) is 0 Å². The molecule has 7 nitrogen and oxygen atoms in total. The quantitative estimate of drug-likeness (QED) is 0.704. The topological polar surface area (TPSA) is 96.5 Å². The molecular weight excluding hydrogens is 388 g/mol. The second kappa shape index (κ2) is 8.02. The Bertz CT molecular complexity index is 1080. The molecule has 0 aliphatic heterocycles. The molecule has 0 radical (unpaired) electrons. The number of nitrogens with zero attached hydrogens (tertiary/aromatic N) is 5. The number of pyridine rings is 1. The molecule has 1 atom stereocenters. The van der Waals surface area contributed by atoms with Crippen LogP contribution in [0.25, 0.3) is 5.82 Å². The average molecular weight is 409 g/mol. The zero-order valence-electron chi connectivity index (χ0n) is 16.6. The fraction of sp³-hybridized carbons (Fsp3) is 0.286. The van der Waals surface area contributed by atoms with E-state index in [1.54, 1.807) is 18.2 Å². The largest absolute Gasteiger partial charge is 0.342 e. The summed E-state index contributed by atoms with van der Waals surface area (Å²) in [6.07, 6.45) is 2.86. The van der Waals surface area contributed by atoms with Crippen molar-refractivity contribution in [3.63, 3.8) is 0 Å². The van der Waals surface area contributed by atoms with Gasteiger partial charge < -0.3 is 5.32 Å². The molecule has 1 aromatic carbocycles. The highest BCUT2D eigenvalue weighted by molar-refractivity contribution is 6.31. The standard InChI is InChI=1S/C21H21ClN6O/c1-13(19-25-12-26-28(19)18-6-5-14(10-23)11-24-18)27-20(29)15-7-16(21(2,3)4)9-17(22)8-15/h5-9,11-13H,1-4H3,(H,27,29)/t13-/m1/s1. The molecular formula is C21H21ClN6O. The van der Waals surface area contributed by atoms with Crippen LogP contribution < -0.4 is 5.32 Å². The van der Waals surface area contributed by atoms with Crippen LogP contribution in [0.2, 0.25) is 5.02 Å². The number of aromatic nitrogens is 4. The molecule has 8 heteroatoms. The van der Waals surface area contributed by atoms with E-state index in [0.29, 0.717) is 27.8 Å². The van der Waals surface area contributed by atoms with Gasteiger partial charge in [0.25, 0.3) is 5.91 Å². The number of rotatable bonds is 4. The van der Waals surface area contributed by atoms with Gasteiger partial charge in [-0.25, -0.2) is 9.97 Å². The van der Waals surface area contributed by atoms with Crippen molar-refractivity contribution < 1.29 is 4.79 Å². The fourth-order valence-electron chi connectivity index (χ4n) is 2.80. The number of carbonyl (C=O) groups excluding carboxylic acids is 1. The number of hydrogen-bond donors (Lipinski definition) is 1. The van der Waals surface area contributed by atoms with Gasteiger partial charge >= 0.3 is 0 Å². The molecule has 0 saturated heterocycles. The summed E-state index contributed by atoms with van der Waals surface area (Å²) in [5, 5.41) is 16.6. The molecule has 0 aliphatic rings. The summed E-state index contributed by atoms with van der Waals surface area (Å²) in [5.74, 6) is 0.775. The van der Waals surface area contributed by atoms with E-state index in [-0.39, 0.29) is 11.3 Å². The van der Waals surface area contributed by atoms with Crippen molar-refractivity contribution in [1.29, 1.82) is 5.26 Å². The number of amides is 1. The molecule has 3 aromatic rings. The predicted molar refractivity (Wildman–Crippen MR) is 110 cm³/mol. The van der Waals surface area contributed by atoms with Crippen LogP contribution >= 0.6 is 11.6 Å². The number of benzene rings is 1. The first kappa shape index (κ1) is 20.5. The first-order valence-corrected chi connectivity index (χ1v) is 9.45. The minimum Gasteiger partial charge on any atom is -0.342 e. The van der Waals surface area contributed by atoms with Gasteiger partial charge in [-0.3, -0.25) is 4.79 Å². The van der Waals surface area contributed by atoms with Gasteiger partial charge in [-0.15, -0.1) is 0 Å². The Balaban J connectivity index is 1.84. The maximum Gasteiger partial charge on any atom is 0.251 e. The fourth-order valence-corrected chi connectivity index (χ4v) is 3.03. The third-order valence-corrected chi connectivity index (χ3v) is 4.65. The van der Waals surface area contributed by atoms with Gasteiger partial charge in [-0.1, -0.05) is 32.4 Å². The van der Waals surface area contributed by atoms with Crippen LogP contribution in [-0.2, 0) is 5.41 Å². The third kappa shape index (κ3) is 4.61. The van der Waals surface area contributed by atoms with Crippen molar-refractivity contribution in [2.75, 3.05) is 0 Å². The van der Waals surface area contributed by atoms with Crippen LogP contribution in [0.1, 0.15) is 61.0 Å². The van der Waals surface area contributed by atoms with Gasteiger partial charge in [0.15, 0.2) is 11.6 Å². The monoisotopic (exact) mass is 408 g/mol. The van der Waals surface area contributed by atoms with E-state index < -0.39 is 6.04 Å². The second-order valence-corrected chi connectivity index (χ2v) is 8.16. The van der Waals surface area contributed by atoms with Crippen LogP contribution in [0, 0.1) is 11.3 Å². The van der Waals surface area contributed by atoms with Gasteiger partial charge in [0, 0.05) is 16.8 Å². The highest BCUT2D eigenvalue weighted by Crippen LogP contribution is 2.27. The Labute approximate surface area is 174 Å². The van der Waals surface area contributed by atoms with E-state index in [9.17, 15) is 4.79 Å². The summed E-state index contributed by atoms with van der Waals surface area (Å²) in [4.78, 5) is 21.3. The van der Waals surface area contributed by atoms with Crippen molar-refractivity contribution in [3.8, 4) is 11.9 Å². The highest BCUT2D eigenvalue weighted by atomic mass is 35.5. The Morgan fingerprint density at radius 2 is 2.00 bits per heavy atom. The lowest BCUT2D eigenvalue weighted by atomic mass is 9.86. The molecule has 0 spiro atoms. The summed E-state index contributed by atoms with van der Waals surface area (Å²) >= 11 is 6.23. The zero-order valence-corrected chi connectivity index (χ0v) is 17.4. The zero-order chi connectivity index (χ0) is 21.2. The molecule has 148 valence electrons. The molecule has 0 unspecified atom stereocenters. The van der Waals surface area contributed by atoms with E-state index in [1.165, 1.54) is 17.2 Å². The number of carbonyl (C=O) groups is 1. The molecule has 2 heterocycles. The molecule has 1 amide bonds. The third-order valence-electron chi connectivity index (χ3n) is 4.43. The minimum atomic E-state index is -0.431. The average Bonchev–Trinajstić information content (AvgIpc) is 3.17. The lowest BCUT2D eigenvalue weighted by Gasteiger charge is -2.21. The van der Waals surface area contributed by atoms with Crippen LogP contribution in [-0.4, -0.2) is 25.7 Å². The molecule has 3 rings (SSSR count). The highest BCUT2D eigenvalue weighted by Gasteiger charge is 2.21. The maximum atomic E-state index is 12.8. The van der Waals surface area contributed by atoms with E-state index in [2.05, 4.69) is 41.2 Å². The number of halogens is 1. The van der Waals surface area contributed by atoms with E-state index in [0.717, 1.165) is 5.56 Å². The number of nitriles is 1. The summed E-state index contributed by atoms with van der Waals surface area (Å²) in [6, 6.07) is 10.3. The Kier molecular flexibility index (Phi) is 5.66. The van der Waals surface area contributed by atoms with E-state index in [1.807, 2.05) is 25.1 Å². The van der Waals surface area contributed by atoms with Crippen molar-refractivity contribution >= 4 is 17.5 Å². The van der Waals surface area contributed by atoms with Crippen LogP contribution in [0.3, 0.4) is 0 Å². The Morgan fingerprint density at radius 1 is 1.24 bits per heavy atom. The summed E-state index contributed by atoms with van der Waals surface area (Å²) in [5.41, 5.74) is 1.78. The summed E-state index contributed by atoms with van der Waals surface area (Å²) < 4.78 is 1.53. The van der Waals surface area contributed by atoms with Gasteiger partial charge in [0.2, 0.25) is 0 Å². The minimum absolute atomic E-state index is 0.132. The van der Waals surface area contributed by atoms with Crippen LogP contribution in [0.15, 0.2) is 42.9 Å². The second-order valence-electron chi connectivity index (χ2n) is 7.72. The number of nitrogens with one attached hydrogen (secondary N) is 1. The first-order valence-electron chi connectivity index (χ1n) is 9.07. The van der Waals surface area contributed by atoms with E-state index in [4.69, 9.17) is 16.9 Å². The summed E-state index contributed by atoms with van der Waals surface area (Å²) in [6.45, 7) is 8.01.